The van der Waals surface area contributed by atoms with Gasteiger partial charge in [-0.15, -0.1) is 0 Å². The second kappa shape index (κ2) is 6.06. The Kier molecular flexibility index (Phi) is 4.43. The van der Waals surface area contributed by atoms with E-state index in [-0.39, 0.29) is 12.1 Å². The van der Waals surface area contributed by atoms with E-state index >= 15 is 0 Å². The summed E-state index contributed by atoms with van der Waals surface area (Å²) in [6.45, 7) is 2.70. The van der Waals surface area contributed by atoms with Crippen molar-refractivity contribution in [3.63, 3.8) is 0 Å². The number of nitrogens with two attached hydrogens (primary N) is 1. The minimum atomic E-state index is -0.391. The molecule has 3 N–H and O–H groups in total. The molecule has 104 valence electrons. The molecule has 0 aliphatic heterocycles. The number of carbonyl (C=O) groups is 1. The highest BCUT2D eigenvalue weighted by molar-refractivity contribution is 5.68. The quantitative estimate of drug-likeness (QED) is 0.827. The Morgan fingerprint density at radius 2 is 2.11 bits per heavy atom. The summed E-state index contributed by atoms with van der Waals surface area (Å²) in [4.78, 5) is 11.8. The van der Waals surface area contributed by atoms with Crippen molar-refractivity contribution in [1.29, 1.82) is 0 Å². The van der Waals surface area contributed by atoms with Crippen molar-refractivity contribution in [3.8, 4) is 0 Å². The van der Waals surface area contributed by atoms with E-state index < -0.39 is 6.09 Å². The van der Waals surface area contributed by atoms with Gasteiger partial charge in [0.15, 0.2) is 0 Å². The van der Waals surface area contributed by atoms with Crippen LogP contribution in [-0.2, 0) is 11.3 Å². The van der Waals surface area contributed by atoms with Gasteiger partial charge >= 0.3 is 6.09 Å². The summed E-state index contributed by atoms with van der Waals surface area (Å²) >= 11 is 0. The minimum absolute atomic E-state index is 0.288. The molecule has 2 rings (SSSR count). The van der Waals surface area contributed by atoms with Crippen LogP contribution in [-0.4, -0.2) is 18.2 Å². The Bertz CT molecular complexity index is 417. The van der Waals surface area contributed by atoms with Gasteiger partial charge in [-0.05, 0) is 24.8 Å². The monoisotopic (exact) mass is 262 g/mol. The molecular formula is C15H22N2O2. The van der Waals surface area contributed by atoms with E-state index in [9.17, 15) is 4.79 Å². The third-order valence-corrected chi connectivity index (χ3v) is 3.50. The summed E-state index contributed by atoms with van der Waals surface area (Å²) in [6, 6.07) is 9.64. The van der Waals surface area contributed by atoms with Crippen molar-refractivity contribution >= 4 is 6.09 Å². The first-order valence-corrected chi connectivity index (χ1v) is 6.80. The van der Waals surface area contributed by atoms with Crippen LogP contribution in [0.4, 0.5) is 4.79 Å². The van der Waals surface area contributed by atoms with E-state index in [1.165, 1.54) is 12.8 Å². The van der Waals surface area contributed by atoms with Crippen LogP contribution in [0.2, 0.25) is 0 Å². The maximum absolute atomic E-state index is 11.8. The standard InChI is InChI=1S/C15H22N2O2/c1-15(11-16,9-12-7-8-12)17-14(18)19-10-13-5-3-2-4-6-13/h2-6,12H,7-11,16H2,1H3,(H,17,18). The fourth-order valence-electron chi connectivity index (χ4n) is 2.15. The lowest BCUT2D eigenvalue weighted by Crippen LogP contribution is -2.51. The van der Waals surface area contributed by atoms with Crippen molar-refractivity contribution in [1.82, 2.24) is 5.32 Å². The zero-order chi connectivity index (χ0) is 13.7. The van der Waals surface area contributed by atoms with Crippen molar-refractivity contribution in [2.75, 3.05) is 6.54 Å². The number of amides is 1. The van der Waals surface area contributed by atoms with E-state index in [0.717, 1.165) is 12.0 Å². The number of hydrogen-bond acceptors (Lipinski definition) is 3. The first kappa shape index (κ1) is 13.9. The van der Waals surface area contributed by atoms with Gasteiger partial charge in [0, 0.05) is 6.54 Å². The molecule has 0 aromatic heterocycles. The summed E-state index contributed by atoms with van der Waals surface area (Å²) in [5.74, 6) is 0.711. The molecule has 1 fully saturated rings. The lowest BCUT2D eigenvalue weighted by Gasteiger charge is -2.29. The highest BCUT2D eigenvalue weighted by atomic mass is 16.5. The third kappa shape index (κ3) is 4.56. The van der Waals surface area contributed by atoms with Gasteiger partial charge in [-0.3, -0.25) is 0 Å². The molecular weight excluding hydrogens is 240 g/mol. The van der Waals surface area contributed by atoms with E-state index in [2.05, 4.69) is 5.32 Å². The van der Waals surface area contributed by atoms with E-state index in [0.29, 0.717) is 12.5 Å². The number of nitrogens with one attached hydrogen (secondary N) is 1. The van der Waals surface area contributed by atoms with E-state index in [1.807, 2.05) is 37.3 Å². The van der Waals surface area contributed by atoms with Crippen molar-refractivity contribution in [3.05, 3.63) is 35.9 Å². The van der Waals surface area contributed by atoms with Crippen LogP contribution < -0.4 is 11.1 Å². The summed E-state index contributed by atoms with van der Waals surface area (Å²) in [5.41, 5.74) is 6.40. The van der Waals surface area contributed by atoms with Crippen LogP contribution in [0, 0.1) is 5.92 Å². The number of carbonyl (C=O) groups excluding carboxylic acids is 1. The molecule has 1 unspecified atom stereocenters. The van der Waals surface area contributed by atoms with Gasteiger partial charge in [-0.1, -0.05) is 43.2 Å². The lowest BCUT2D eigenvalue weighted by molar-refractivity contribution is 0.126. The molecule has 1 aliphatic carbocycles. The highest BCUT2D eigenvalue weighted by Crippen LogP contribution is 2.36. The smallest absolute Gasteiger partial charge is 0.407 e. The Morgan fingerprint density at radius 3 is 2.68 bits per heavy atom. The van der Waals surface area contributed by atoms with Gasteiger partial charge in [0.05, 0.1) is 5.54 Å². The summed E-state index contributed by atoms with van der Waals surface area (Å²) in [5, 5.41) is 2.90. The number of benzene rings is 1. The van der Waals surface area contributed by atoms with Crippen LogP contribution in [0.1, 0.15) is 31.7 Å². The maximum atomic E-state index is 11.8. The predicted octanol–water partition coefficient (Wildman–Crippen LogP) is 2.43. The fraction of sp³-hybridized carbons (Fsp3) is 0.533. The zero-order valence-corrected chi connectivity index (χ0v) is 11.4. The Morgan fingerprint density at radius 1 is 1.42 bits per heavy atom. The van der Waals surface area contributed by atoms with Crippen LogP contribution >= 0.6 is 0 Å². The van der Waals surface area contributed by atoms with Crippen molar-refractivity contribution in [2.45, 2.75) is 38.3 Å². The average molecular weight is 262 g/mol. The normalized spacial score (nSPS) is 17.6. The molecule has 0 saturated heterocycles. The van der Waals surface area contributed by atoms with Crippen LogP contribution in [0.5, 0.6) is 0 Å². The molecule has 0 heterocycles. The Labute approximate surface area is 114 Å². The Hall–Kier alpha value is -1.55. The van der Waals surface area contributed by atoms with Gasteiger partial charge in [0.25, 0.3) is 0 Å². The van der Waals surface area contributed by atoms with Crippen LogP contribution in [0.3, 0.4) is 0 Å². The van der Waals surface area contributed by atoms with E-state index in [4.69, 9.17) is 10.5 Å². The van der Waals surface area contributed by atoms with Gasteiger partial charge in [0.2, 0.25) is 0 Å². The molecule has 0 radical (unpaired) electrons. The van der Waals surface area contributed by atoms with E-state index in [1.54, 1.807) is 0 Å². The van der Waals surface area contributed by atoms with Crippen LogP contribution in [0.15, 0.2) is 30.3 Å². The summed E-state index contributed by atoms with van der Waals surface area (Å²) < 4.78 is 5.22. The number of rotatable bonds is 6. The molecule has 1 aromatic carbocycles. The van der Waals surface area contributed by atoms with Gasteiger partial charge in [-0.25, -0.2) is 4.79 Å². The predicted molar refractivity (Wildman–Crippen MR) is 74.6 cm³/mol. The molecule has 1 aliphatic rings. The molecule has 1 aromatic rings. The molecule has 1 saturated carbocycles. The third-order valence-electron chi connectivity index (χ3n) is 3.50. The SMILES string of the molecule is CC(CN)(CC1CC1)NC(=O)OCc1ccccc1. The van der Waals surface area contributed by atoms with Gasteiger partial charge in [-0.2, -0.15) is 0 Å². The summed E-state index contributed by atoms with van der Waals surface area (Å²) in [7, 11) is 0. The minimum Gasteiger partial charge on any atom is -0.445 e. The second-order valence-electron chi connectivity index (χ2n) is 5.60. The zero-order valence-electron chi connectivity index (χ0n) is 11.4. The molecule has 4 nitrogen and oxygen atoms in total. The van der Waals surface area contributed by atoms with Gasteiger partial charge < -0.3 is 15.8 Å². The molecule has 0 bridgehead atoms. The molecule has 19 heavy (non-hydrogen) atoms. The average Bonchev–Trinajstić information content (AvgIpc) is 3.21. The lowest BCUT2D eigenvalue weighted by atomic mass is 9.95. The molecule has 4 heteroatoms. The molecule has 0 spiro atoms. The molecule has 1 amide bonds. The number of ether oxygens (including phenoxy) is 1. The molecule has 1 atom stereocenters. The Balaban J connectivity index is 1.79. The maximum Gasteiger partial charge on any atom is 0.407 e. The second-order valence-corrected chi connectivity index (χ2v) is 5.60. The first-order valence-electron chi connectivity index (χ1n) is 6.80. The summed E-state index contributed by atoms with van der Waals surface area (Å²) in [6.07, 6.45) is 3.04. The number of hydrogen-bond donors (Lipinski definition) is 2. The highest BCUT2D eigenvalue weighted by Gasteiger charge is 2.33. The van der Waals surface area contributed by atoms with Crippen molar-refractivity contribution < 1.29 is 9.53 Å². The van der Waals surface area contributed by atoms with Crippen molar-refractivity contribution in [2.24, 2.45) is 11.7 Å². The number of alkyl carbamates (subject to hydrolysis) is 1. The van der Waals surface area contributed by atoms with Crippen LogP contribution in [0.25, 0.3) is 0 Å². The van der Waals surface area contributed by atoms with Gasteiger partial charge in [0.1, 0.15) is 6.61 Å². The largest absolute Gasteiger partial charge is 0.445 e. The first-order chi connectivity index (χ1) is 9.11. The fourth-order valence-corrected chi connectivity index (χ4v) is 2.15. The topological polar surface area (TPSA) is 64.3 Å².